The van der Waals surface area contributed by atoms with E-state index in [1.165, 1.54) is 5.56 Å². The number of pyridine rings is 1. The molecule has 16 heavy (non-hydrogen) atoms. The third kappa shape index (κ3) is 2.99. The van der Waals surface area contributed by atoms with Crippen LogP contribution in [0.4, 0.5) is 5.95 Å². The van der Waals surface area contributed by atoms with Crippen LogP contribution in [0.25, 0.3) is 0 Å². The molecule has 0 aliphatic rings. The SMILES string of the molecule is Nc1ncc(CNCc2ccncc2)cn1. The summed E-state index contributed by atoms with van der Waals surface area (Å²) >= 11 is 0. The lowest BCUT2D eigenvalue weighted by Gasteiger charge is -2.04. The largest absolute Gasteiger partial charge is 0.368 e. The Morgan fingerprint density at radius 2 is 1.62 bits per heavy atom. The molecular weight excluding hydrogens is 202 g/mol. The van der Waals surface area contributed by atoms with E-state index in [1.54, 1.807) is 24.8 Å². The number of hydrogen-bond acceptors (Lipinski definition) is 5. The minimum atomic E-state index is 0.304. The molecule has 0 radical (unpaired) electrons. The highest BCUT2D eigenvalue weighted by Gasteiger charge is 1.95. The molecule has 0 amide bonds. The first-order chi connectivity index (χ1) is 7.84. The molecule has 2 aromatic rings. The fourth-order valence-electron chi connectivity index (χ4n) is 1.31. The molecule has 82 valence electrons. The fraction of sp³-hybridized carbons (Fsp3) is 0.182. The molecule has 0 aromatic carbocycles. The Morgan fingerprint density at radius 1 is 1.00 bits per heavy atom. The summed E-state index contributed by atoms with van der Waals surface area (Å²) < 4.78 is 0. The summed E-state index contributed by atoms with van der Waals surface area (Å²) in [6.45, 7) is 1.52. The molecule has 5 nitrogen and oxygen atoms in total. The van der Waals surface area contributed by atoms with Crippen molar-refractivity contribution in [3.8, 4) is 0 Å². The van der Waals surface area contributed by atoms with Crippen LogP contribution in [0.3, 0.4) is 0 Å². The van der Waals surface area contributed by atoms with Crippen LogP contribution < -0.4 is 11.1 Å². The van der Waals surface area contributed by atoms with Gasteiger partial charge < -0.3 is 11.1 Å². The van der Waals surface area contributed by atoms with Crippen LogP contribution in [-0.2, 0) is 13.1 Å². The van der Waals surface area contributed by atoms with Gasteiger partial charge in [0.2, 0.25) is 5.95 Å². The van der Waals surface area contributed by atoms with Gasteiger partial charge in [0.1, 0.15) is 0 Å². The second kappa shape index (κ2) is 5.18. The summed E-state index contributed by atoms with van der Waals surface area (Å²) in [5.74, 6) is 0.304. The number of anilines is 1. The molecule has 5 heteroatoms. The molecule has 2 aromatic heterocycles. The molecule has 0 aliphatic heterocycles. The molecule has 2 heterocycles. The van der Waals surface area contributed by atoms with E-state index in [-0.39, 0.29) is 0 Å². The Kier molecular flexibility index (Phi) is 3.40. The number of nitrogens with one attached hydrogen (secondary N) is 1. The Morgan fingerprint density at radius 3 is 2.31 bits per heavy atom. The quantitative estimate of drug-likeness (QED) is 0.786. The minimum Gasteiger partial charge on any atom is -0.368 e. The normalized spacial score (nSPS) is 10.2. The van der Waals surface area contributed by atoms with E-state index in [1.807, 2.05) is 12.1 Å². The van der Waals surface area contributed by atoms with Gasteiger partial charge in [-0.15, -0.1) is 0 Å². The predicted octanol–water partition coefficient (Wildman–Crippen LogP) is 0.744. The number of nitrogens with zero attached hydrogens (tertiary/aromatic N) is 3. The van der Waals surface area contributed by atoms with Gasteiger partial charge in [0.05, 0.1) is 0 Å². The van der Waals surface area contributed by atoms with Crippen molar-refractivity contribution >= 4 is 5.95 Å². The highest BCUT2D eigenvalue weighted by molar-refractivity contribution is 5.17. The van der Waals surface area contributed by atoms with Crippen LogP contribution in [0.1, 0.15) is 11.1 Å². The summed E-state index contributed by atoms with van der Waals surface area (Å²) in [7, 11) is 0. The Balaban J connectivity index is 1.82. The van der Waals surface area contributed by atoms with Gasteiger partial charge in [-0.1, -0.05) is 0 Å². The van der Waals surface area contributed by atoms with Gasteiger partial charge in [-0.2, -0.15) is 0 Å². The van der Waals surface area contributed by atoms with Crippen LogP contribution >= 0.6 is 0 Å². The Hall–Kier alpha value is -2.01. The smallest absolute Gasteiger partial charge is 0.219 e. The first kappa shape index (κ1) is 10.5. The van der Waals surface area contributed by atoms with Gasteiger partial charge in [-0.05, 0) is 17.7 Å². The third-order valence-electron chi connectivity index (χ3n) is 2.13. The van der Waals surface area contributed by atoms with E-state index in [2.05, 4.69) is 20.3 Å². The second-order valence-electron chi connectivity index (χ2n) is 3.41. The molecule has 0 spiro atoms. The second-order valence-corrected chi connectivity index (χ2v) is 3.41. The average molecular weight is 215 g/mol. The number of rotatable bonds is 4. The van der Waals surface area contributed by atoms with Gasteiger partial charge in [0, 0.05) is 43.4 Å². The van der Waals surface area contributed by atoms with Crippen LogP contribution in [-0.4, -0.2) is 15.0 Å². The van der Waals surface area contributed by atoms with Gasteiger partial charge in [-0.25, -0.2) is 9.97 Å². The number of hydrogen-bond donors (Lipinski definition) is 2. The Bertz CT molecular complexity index is 426. The first-order valence-electron chi connectivity index (χ1n) is 5.00. The van der Waals surface area contributed by atoms with Crippen LogP contribution in [0.2, 0.25) is 0 Å². The maximum Gasteiger partial charge on any atom is 0.219 e. The first-order valence-corrected chi connectivity index (χ1v) is 5.00. The lowest BCUT2D eigenvalue weighted by Crippen LogP contribution is -2.13. The minimum absolute atomic E-state index is 0.304. The van der Waals surface area contributed by atoms with E-state index in [0.29, 0.717) is 5.95 Å². The zero-order chi connectivity index (χ0) is 11.2. The molecule has 3 N–H and O–H groups in total. The van der Waals surface area contributed by atoms with Crippen molar-refractivity contribution < 1.29 is 0 Å². The van der Waals surface area contributed by atoms with Crippen LogP contribution in [0, 0.1) is 0 Å². The highest BCUT2D eigenvalue weighted by atomic mass is 15.0. The van der Waals surface area contributed by atoms with Gasteiger partial charge in [-0.3, -0.25) is 4.98 Å². The lowest BCUT2D eigenvalue weighted by molar-refractivity contribution is 0.688. The summed E-state index contributed by atoms with van der Waals surface area (Å²) in [5.41, 5.74) is 7.61. The van der Waals surface area contributed by atoms with E-state index in [9.17, 15) is 0 Å². The van der Waals surface area contributed by atoms with Crippen molar-refractivity contribution in [2.75, 3.05) is 5.73 Å². The van der Waals surface area contributed by atoms with Crippen molar-refractivity contribution in [1.29, 1.82) is 0 Å². The van der Waals surface area contributed by atoms with Crippen molar-refractivity contribution in [2.24, 2.45) is 0 Å². The maximum absolute atomic E-state index is 5.40. The average Bonchev–Trinajstić information content (AvgIpc) is 2.33. The van der Waals surface area contributed by atoms with E-state index in [0.717, 1.165) is 18.7 Å². The predicted molar refractivity (Wildman–Crippen MR) is 61.2 cm³/mol. The van der Waals surface area contributed by atoms with Crippen molar-refractivity contribution in [1.82, 2.24) is 20.3 Å². The van der Waals surface area contributed by atoms with Crippen molar-refractivity contribution in [3.05, 3.63) is 48.0 Å². The number of nitrogen functional groups attached to an aromatic ring is 1. The molecule has 0 unspecified atom stereocenters. The van der Waals surface area contributed by atoms with Gasteiger partial charge in [0.15, 0.2) is 0 Å². The van der Waals surface area contributed by atoms with Crippen LogP contribution in [0.5, 0.6) is 0 Å². The van der Waals surface area contributed by atoms with Crippen molar-refractivity contribution in [3.63, 3.8) is 0 Å². The van der Waals surface area contributed by atoms with E-state index in [4.69, 9.17) is 5.73 Å². The summed E-state index contributed by atoms with van der Waals surface area (Å²) in [5, 5.41) is 3.29. The fourth-order valence-corrected chi connectivity index (χ4v) is 1.31. The number of nitrogens with two attached hydrogens (primary N) is 1. The van der Waals surface area contributed by atoms with Crippen LogP contribution in [0.15, 0.2) is 36.9 Å². The van der Waals surface area contributed by atoms with Gasteiger partial charge in [0.25, 0.3) is 0 Å². The zero-order valence-corrected chi connectivity index (χ0v) is 8.80. The molecule has 0 fully saturated rings. The number of aromatic nitrogens is 3. The molecular formula is C11H13N5. The van der Waals surface area contributed by atoms with E-state index >= 15 is 0 Å². The zero-order valence-electron chi connectivity index (χ0n) is 8.80. The Labute approximate surface area is 93.8 Å². The maximum atomic E-state index is 5.40. The standard InChI is InChI=1S/C11H13N5/c12-11-15-7-10(8-16-11)6-14-5-9-1-3-13-4-2-9/h1-4,7-8,14H,5-6H2,(H2,12,15,16). The van der Waals surface area contributed by atoms with Crippen molar-refractivity contribution in [2.45, 2.75) is 13.1 Å². The summed E-state index contributed by atoms with van der Waals surface area (Å²) in [6, 6.07) is 3.96. The molecule has 2 rings (SSSR count). The summed E-state index contributed by atoms with van der Waals surface area (Å²) in [6.07, 6.45) is 7.01. The third-order valence-corrected chi connectivity index (χ3v) is 2.13. The van der Waals surface area contributed by atoms with E-state index < -0.39 is 0 Å². The molecule has 0 atom stereocenters. The van der Waals surface area contributed by atoms with Gasteiger partial charge >= 0.3 is 0 Å². The molecule has 0 saturated heterocycles. The monoisotopic (exact) mass is 215 g/mol. The highest BCUT2D eigenvalue weighted by Crippen LogP contribution is 1.99. The molecule has 0 saturated carbocycles. The summed E-state index contributed by atoms with van der Waals surface area (Å²) in [4.78, 5) is 11.8. The lowest BCUT2D eigenvalue weighted by atomic mass is 10.2. The topological polar surface area (TPSA) is 76.7 Å². The molecule has 0 bridgehead atoms. The molecule has 0 aliphatic carbocycles.